The summed E-state index contributed by atoms with van der Waals surface area (Å²) in [6.45, 7) is 4.21. The molecule has 192 valence electrons. The minimum Gasteiger partial charge on any atom is -0.342 e. The van der Waals surface area contributed by atoms with Gasteiger partial charge in [-0.05, 0) is 77.7 Å². The van der Waals surface area contributed by atoms with Crippen LogP contribution in [0.25, 0.3) is 0 Å². The number of amides is 4. The number of rotatable bonds is 8. The van der Waals surface area contributed by atoms with Gasteiger partial charge in [-0.15, -0.1) is 0 Å². The molecule has 4 amide bonds. The van der Waals surface area contributed by atoms with Gasteiger partial charge in [0.1, 0.15) is 5.54 Å². The van der Waals surface area contributed by atoms with E-state index in [1.165, 1.54) is 4.90 Å². The smallest absolute Gasteiger partial charge is 0.325 e. The Morgan fingerprint density at radius 1 is 1.09 bits per heavy atom. The predicted molar refractivity (Wildman–Crippen MR) is 136 cm³/mol. The first-order chi connectivity index (χ1) is 16.8. The second-order valence-corrected chi connectivity index (χ2v) is 10.8. The van der Waals surface area contributed by atoms with Crippen molar-refractivity contribution >= 4 is 17.8 Å². The monoisotopic (exact) mass is 483 g/mol. The normalized spacial score (nSPS) is 26.5. The fourth-order valence-corrected chi connectivity index (χ4v) is 6.00. The molecular formula is C27H41N5O3. The van der Waals surface area contributed by atoms with Gasteiger partial charge in [0.25, 0.3) is 5.91 Å². The maximum absolute atomic E-state index is 13.8. The van der Waals surface area contributed by atoms with Crippen molar-refractivity contribution in [2.24, 2.45) is 11.8 Å². The quantitative estimate of drug-likeness (QED) is 0.573. The lowest BCUT2D eigenvalue weighted by Crippen LogP contribution is -2.57. The molecule has 35 heavy (non-hydrogen) atoms. The van der Waals surface area contributed by atoms with E-state index in [1.54, 1.807) is 0 Å². The fourth-order valence-electron chi connectivity index (χ4n) is 6.00. The second kappa shape index (κ2) is 11.1. The van der Waals surface area contributed by atoms with Gasteiger partial charge in [-0.25, -0.2) is 4.79 Å². The number of hydrogen-bond acceptors (Lipinski definition) is 5. The molecule has 0 bridgehead atoms. The Labute approximate surface area is 209 Å². The molecule has 0 unspecified atom stereocenters. The van der Waals surface area contributed by atoms with Crippen molar-refractivity contribution in [3.05, 3.63) is 35.9 Å². The molecule has 0 aliphatic carbocycles. The van der Waals surface area contributed by atoms with Crippen LogP contribution < -0.4 is 5.32 Å². The Hall–Kier alpha value is -2.45. The number of carbonyl (C=O) groups excluding carboxylic acids is 3. The predicted octanol–water partition coefficient (Wildman–Crippen LogP) is 2.05. The van der Waals surface area contributed by atoms with Gasteiger partial charge >= 0.3 is 6.03 Å². The van der Waals surface area contributed by atoms with E-state index < -0.39 is 5.54 Å². The molecular weight excluding hydrogens is 442 g/mol. The number of hydrogen-bond donors (Lipinski definition) is 1. The number of aryl methyl sites for hydroxylation is 1. The van der Waals surface area contributed by atoms with Crippen LogP contribution in [-0.4, -0.2) is 103 Å². The molecule has 3 saturated heterocycles. The molecule has 0 aromatic heterocycles. The van der Waals surface area contributed by atoms with Crippen LogP contribution in [0.15, 0.2) is 30.3 Å². The van der Waals surface area contributed by atoms with Gasteiger partial charge in [-0.1, -0.05) is 30.3 Å². The Kier molecular flexibility index (Phi) is 8.12. The van der Waals surface area contributed by atoms with E-state index in [-0.39, 0.29) is 29.7 Å². The largest absolute Gasteiger partial charge is 0.342 e. The van der Waals surface area contributed by atoms with Gasteiger partial charge in [0.15, 0.2) is 0 Å². The van der Waals surface area contributed by atoms with Crippen LogP contribution in [-0.2, 0) is 16.0 Å². The number of carbonyl (C=O) groups is 3. The average Bonchev–Trinajstić information content (AvgIpc) is 3.11. The molecule has 3 aliphatic rings. The molecule has 8 heteroatoms. The maximum Gasteiger partial charge on any atom is 0.325 e. The van der Waals surface area contributed by atoms with E-state index in [0.717, 1.165) is 50.8 Å². The lowest BCUT2D eigenvalue weighted by Gasteiger charge is -2.42. The van der Waals surface area contributed by atoms with Crippen LogP contribution in [0.3, 0.4) is 0 Å². The van der Waals surface area contributed by atoms with Gasteiger partial charge in [-0.2, -0.15) is 0 Å². The minimum atomic E-state index is -0.903. The Morgan fingerprint density at radius 3 is 2.46 bits per heavy atom. The third kappa shape index (κ3) is 5.70. The van der Waals surface area contributed by atoms with Gasteiger partial charge in [0.05, 0.1) is 5.92 Å². The molecule has 1 aromatic rings. The number of benzene rings is 1. The minimum absolute atomic E-state index is 0.0186. The van der Waals surface area contributed by atoms with Crippen molar-refractivity contribution < 1.29 is 14.4 Å². The molecule has 3 fully saturated rings. The highest BCUT2D eigenvalue weighted by Crippen LogP contribution is 2.37. The van der Waals surface area contributed by atoms with Crippen LogP contribution in [0.4, 0.5) is 4.79 Å². The van der Waals surface area contributed by atoms with Gasteiger partial charge in [0.2, 0.25) is 5.91 Å². The van der Waals surface area contributed by atoms with Crippen molar-refractivity contribution in [3.63, 3.8) is 0 Å². The summed E-state index contributed by atoms with van der Waals surface area (Å²) in [4.78, 5) is 47.6. The zero-order chi connectivity index (χ0) is 25.0. The summed E-state index contributed by atoms with van der Waals surface area (Å²) in [7, 11) is 5.97. The number of likely N-dealkylation sites (tertiary alicyclic amines) is 2. The highest BCUT2D eigenvalue weighted by molar-refractivity contribution is 6.07. The number of nitrogens with one attached hydrogen (secondary N) is 1. The molecule has 3 aliphatic heterocycles. The van der Waals surface area contributed by atoms with Crippen LogP contribution in [0, 0.1) is 11.8 Å². The zero-order valence-electron chi connectivity index (χ0n) is 21.5. The second-order valence-electron chi connectivity index (χ2n) is 10.8. The van der Waals surface area contributed by atoms with Crippen molar-refractivity contribution in [1.29, 1.82) is 0 Å². The number of urea groups is 1. The molecule has 0 saturated carbocycles. The first-order valence-corrected chi connectivity index (χ1v) is 13.1. The summed E-state index contributed by atoms with van der Waals surface area (Å²) in [5.41, 5.74) is 0.258. The maximum atomic E-state index is 13.8. The fraction of sp³-hybridized carbons (Fsp3) is 0.667. The van der Waals surface area contributed by atoms with Crippen molar-refractivity contribution in [2.45, 2.75) is 44.1 Å². The molecule has 2 atom stereocenters. The number of piperidine rings is 2. The third-order valence-electron chi connectivity index (χ3n) is 8.10. The molecule has 0 spiro atoms. The summed E-state index contributed by atoms with van der Waals surface area (Å²) in [5.74, 6) is 0.249. The first-order valence-electron chi connectivity index (χ1n) is 13.1. The van der Waals surface area contributed by atoms with Crippen LogP contribution in [0.1, 0.15) is 37.7 Å². The van der Waals surface area contributed by atoms with Gasteiger partial charge in [-0.3, -0.25) is 14.5 Å². The molecule has 0 radical (unpaired) electrons. The number of likely N-dealkylation sites (N-methyl/N-ethyl adjacent to an activating group) is 1. The van der Waals surface area contributed by atoms with Gasteiger partial charge < -0.3 is 20.0 Å². The molecule has 1 aromatic carbocycles. The molecule has 3 heterocycles. The third-order valence-corrected chi connectivity index (χ3v) is 8.10. The first kappa shape index (κ1) is 25.6. The summed E-state index contributed by atoms with van der Waals surface area (Å²) in [6.07, 6.45) is 4.79. The molecule has 8 nitrogen and oxygen atoms in total. The topological polar surface area (TPSA) is 76.2 Å². The van der Waals surface area contributed by atoms with Crippen LogP contribution in [0.5, 0.6) is 0 Å². The SMILES string of the molecule is CN(C)CCN1C(=O)N[C@@](CCc2ccccc2)(C2CCN(C(=O)[C@@H]3CCCN(C)C3)CC2)C1=O. The standard InChI is InChI=1S/C27H41N5O3/c1-29(2)18-19-32-25(34)27(28-26(32)35,14-11-21-8-5-4-6-9-21)23-12-16-31(17-13-23)24(33)22-10-7-15-30(3)20-22/h4-6,8-9,22-23H,7,10-20H2,1-3H3,(H,28,35)/t22-,27+/m1/s1. The van der Waals surface area contributed by atoms with E-state index in [4.69, 9.17) is 0 Å². The van der Waals surface area contributed by atoms with E-state index in [9.17, 15) is 14.4 Å². The number of imide groups is 1. The van der Waals surface area contributed by atoms with E-state index in [0.29, 0.717) is 32.6 Å². The van der Waals surface area contributed by atoms with E-state index in [1.807, 2.05) is 42.1 Å². The number of nitrogens with zero attached hydrogens (tertiary/aromatic N) is 4. The van der Waals surface area contributed by atoms with Gasteiger partial charge in [0, 0.05) is 32.7 Å². The summed E-state index contributed by atoms with van der Waals surface area (Å²) in [6, 6.07) is 9.86. The molecule has 1 N–H and O–H groups in total. The average molecular weight is 484 g/mol. The Balaban J connectivity index is 1.47. The lowest BCUT2D eigenvalue weighted by molar-refractivity contribution is -0.140. The lowest BCUT2D eigenvalue weighted by atomic mass is 9.74. The molecule has 4 rings (SSSR count). The van der Waals surface area contributed by atoms with Crippen LogP contribution >= 0.6 is 0 Å². The van der Waals surface area contributed by atoms with Crippen molar-refractivity contribution in [1.82, 2.24) is 24.9 Å². The Morgan fingerprint density at radius 2 is 1.80 bits per heavy atom. The summed E-state index contributed by atoms with van der Waals surface area (Å²) in [5, 5.41) is 3.15. The van der Waals surface area contributed by atoms with E-state index >= 15 is 0 Å². The van der Waals surface area contributed by atoms with Crippen molar-refractivity contribution in [2.75, 3.05) is 60.4 Å². The summed E-state index contributed by atoms with van der Waals surface area (Å²) >= 11 is 0. The van der Waals surface area contributed by atoms with Crippen molar-refractivity contribution in [3.8, 4) is 0 Å². The highest BCUT2D eigenvalue weighted by atomic mass is 16.2. The Bertz CT molecular complexity index is 899. The highest BCUT2D eigenvalue weighted by Gasteiger charge is 2.55. The summed E-state index contributed by atoms with van der Waals surface area (Å²) < 4.78 is 0. The van der Waals surface area contributed by atoms with E-state index in [2.05, 4.69) is 29.4 Å². The van der Waals surface area contributed by atoms with Crippen LogP contribution in [0.2, 0.25) is 0 Å². The zero-order valence-corrected chi connectivity index (χ0v) is 21.5.